The van der Waals surface area contributed by atoms with Crippen molar-refractivity contribution in [3.8, 4) is 0 Å². The average Bonchev–Trinajstić information content (AvgIpc) is 2.54. The van der Waals surface area contributed by atoms with Crippen LogP contribution in [0.2, 0.25) is 0 Å². The van der Waals surface area contributed by atoms with Gasteiger partial charge in [0.2, 0.25) is 10.0 Å². The maximum absolute atomic E-state index is 12.8. The van der Waals surface area contributed by atoms with Gasteiger partial charge in [0.05, 0.1) is 5.25 Å². The standard InChI is InChI=1S/C18H25NO2S/c1-2-3-12-19-13-11-17-14-16(15-7-5-4-6-8-15)9-10-18(17)22(19,20)21/h4-10,16-18H,2-3,11-14H2,1H3/t16-,17-,18+/m1/s1. The molecule has 0 amide bonds. The highest BCUT2D eigenvalue weighted by Crippen LogP contribution is 2.39. The van der Waals surface area contributed by atoms with Crippen molar-refractivity contribution >= 4 is 10.0 Å². The van der Waals surface area contributed by atoms with Crippen molar-refractivity contribution < 1.29 is 8.42 Å². The molecule has 3 nitrogen and oxygen atoms in total. The Morgan fingerprint density at radius 2 is 1.95 bits per heavy atom. The first-order valence-corrected chi connectivity index (χ1v) is 9.85. The summed E-state index contributed by atoms with van der Waals surface area (Å²) in [6.07, 6.45) is 7.99. The number of unbranched alkanes of at least 4 members (excludes halogenated alkanes) is 1. The molecular formula is C18H25NO2S. The number of hydrogen-bond acceptors (Lipinski definition) is 2. The fraction of sp³-hybridized carbons (Fsp3) is 0.556. The normalized spacial score (nSPS) is 30.9. The predicted molar refractivity (Wildman–Crippen MR) is 90.2 cm³/mol. The van der Waals surface area contributed by atoms with E-state index in [1.54, 1.807) is 4.31 Å². The lowest BCUT2D eigenvalue weighted by Gasteiger charge is -2.40. The van der Waals surface area contributed by atoms with Gasteiger partial charge in [0.1, 0.15) is 0 Å². The summed E-state index contributed by atoms with van der Waals surface area (Å²) in [6, 6.07) is 10.4. The maximum Gasteiger partial charge on any atom is 0.220 e. The minimum atomic E-state index is -3.16. The lowest BCUT2D eigenvalue weighted by molar-refractivity contribution is 0.297. The van der Waals surface area contributed by atoms with E-state index in [1.165, 1.54) is 5.56 Å². The molecule has 1 fully saturated rings. The van der Waals surface area contributed by atoms with Crippen LogP contribution in [0.5, 0.6) is 0 Å². The zero-order chi connectivity index (χ0) is 15.6. The quantitative estimate of drug-likeness (QED) is 0.796. The van der Waals surface area contributed by atoms with Crippen molar-refractivity contribution in [3.63, 3.8) is 0 Å². The van der Waals surface area contributed by atoms with Gasteiger partial charge < -0.3 is 0 Å². The number of nitrogens with zero attached hydrogens (tertiary/aromatic N) is 1. The molecule has 1 aliphatic heterocycles. The summed E-state index contributed by atoms with van der Waals surface area (Å²) < 4.78 is 27.3. The second-order valence-corrected chi connectivity index (χ2v) is 8.54. The van der Waals surface area contributed by atoms with E-state index >= 15 is 0 Å². The highest BCUT2D eigenvalue weighted by atomic mass is 32.2. The molecule has 3 rings (SSSR count). The Morgan fingerprint density at radius 1 is 1.18 bits per heavy atom. The Bertz CT molecular complexity index is 624. The molecule has 0 bridgehead atoms. The van der Waals surface area contributed by atoms with Crippen molar-refractivity contribution in [2.45, 2.75) is 43.8 Å². The average molecular weight is 319 g/mol. The molecule has 3 atom stereocenters. The van der Waals surface area contributed by atoms with Crippen LogP contribution in [-0.4, -0.2) is 31.1 Å². The second-order valence-electron chi connectivity index (χ2n) is 6.45. The van der Waals surface area contributed by atoms with Gasteiger partial charge in [-0.1, -0.05) is 55.8 Å². The number of allylic oxidation sites excluding steroid dienone is 1. The van der Waals surface area contributed by atoms with Crippen molar-refractivity contribution in [1.82, 2.24) is 4.31 Å². The highest BCUT2D eigenvalue weighted by molar-refractivity contribution is 7.90. The molecule has 0 saturated carbocycles. The first-order valence-electron chi connectivity index (χ1n) is 8.35. The smallest absolute Gasteiger partial charge is 0.212 e. The third-order valence-electron chi connectivity index (χ3n) is 5.00. The third-order valence-corrected chi connectivity index (χ3v) is 7.31. The third kappa shape index (κ3) is 2.99. The lowest BCUT2D eigenvalue weighted by Crippen LogP contribution is -2.49. The molecule has 1 heterocycles. The summed E-state index contributed by atoms with van der Waals surface area (Å²) in [5, 5.41) is -0.307. The van der Waals surface area contributed by atoms with Gasteiger partial charge in [0.25, 0.3) is 0 Å². The van der Waals surface area contributed by atoms with E-state index in [4.69, 9.17) is 0 Å². The van der Waals surface area contributed by atoms with Crippen LogP contribution in [0.1, 0.15) is 44.1 Å². The molecule has 1 aliphatic carbocycles. The van der Waals surface area contributed by atoms with Crippen molar-refractivity contribution in [2.75, 3.05) is 13.1 Å². The Labute approximate surface area is 134 Å². The zero-order valence-electron chi connectivity index (χ0n) is 13.2. The van der Waals surface area contributed by atoms with Gasteiger partial charge in [-0.05, 0) is 30.7 Å². The monoisotopic (exact) mass is 319 g/mol. The molecule has 0 aromatic heterocycles. The summed E-state index contributed by atoms with van der Waals surface area (Å²) in [5.41, 5.74) is 1.29. The minimum absolute atomic E-state index is 0.262. The fourth-order valence-electron chi connectivity index (χ4n) is 3.69. The van der Waals surface area contributed by atoms with E-state index in [0.29, 0.717) is 19.0 Å². The molecule has 1 aromatic carbocycles. The molecule has 120 valence electrons. The van der Waals surface area contributed by atoms with Gasteiger partial charge in [0.15, 0.2) is 0 Å². The molecule has 1 aromatic rings. The number of sulfonamides is 1. The van der Waals surface area contributed by atoms with Gasteiger partial charge in [-0.25, -0.2) is 12.7 Å². The number of hydrogen-bond donors (Lipinski definition) is 0. The van der Waals surface area contributed by atoms with E-state index in [9.17, 15) is 8.42 Å². The molecule has 4 heteroatoms. The summed E-state index contributed by atoms with van der Waals surface area (Å²) in [7, 11) is -3.16. The molecule has 2 aliphatic rings. The number of benzene rings is 1. The van der Waals surface area contributed by atoms with Crippen LogP contribution in [0.3, 0.4) is 0 Å². The summed E-state index contributed by atoms with van der Waals surface area (Å²) in [5.74, 6) is 0.623. The van der Waals surface area contributed by atoms with Crippen LogP contribution < -0.4 is 0 Å². The largest absolute Gasteiger partial charge is 0.220 e. The van der Waals surface area contributed by atoms with E-state index < -0.39 is 10.0 Å². The topological polar surface area (TPSA) is 37.4 Å². The van der Waals surface area contributed by atoms with Crippen LogP contribution in [0.4, 0.5) is 0 Å². The van der Waals surface area contributed by atoms with Gasteiger partial charge in [0, 0.05) is 19.0 Å². The molecule has 0 N–H and O–H groups in total. The van der Waals surface area contributed by atoms with Gasteiger partial charge >= 0.3 is 0 Å². The SMILES string of the molecule is CCCCN1CC[C@@H]2C[C@H](c3ccccc3)C=C[C@@H]2S1(=O)=O. The van der Waals surface area contributed by atoms with E-state index in [-0.39, 0.29) is 11.2 Å². The van der Waals surface area contributed by atoms with Crippen LogP contribution >= 0.6 is 0 Å². The van der Waals surface area contributed by atoms with E-state index in [0.717, 1.165) is 25.7 Å². The summed E-state index contributed by atoms with van der Waals surface area (Å²) in [6.45, 7) is 3.47. The Balaban J connectivity index is 1.79. The van der Waals surface area contributed by atoms with E-state index in [1.807, 2.05) is 12.1 Å². The van der Waals surface area contributed by atoms with Crippen LogP contribution in [-0.2, 0) is 10.0 Å². The number of rotatable bonds is 4. The second kappa shape index (κ2) is 6.55. The van der Waals surface area contributed by atoms with E-state index in [2.05, 4.69) is 37.3 Å². The molecule has 0 spiro atoms. The Morgan fingerprint density at radius 3 is 2.68 bits per heavy atom. The van der Waals surface area contributed by atoms with Crippen molar-refractivity contribution in [3.05, 3.63) is 48.0 Å². The molecule has 0 unspecified atom stereocenters. The molecule has 22 heavy (non-hydrogen) atoms. The fourth-order valence-corrected chi connectivity index (χ4v) is 5.80. The first-order chi connectivity index (χ1) is 10.6. The number of fused-ring (bicyclic) bond motifs is 1. The molecular weight excluding hydrogens is 294 g/mol. The van der Waals surface area contributed by atoms with Crippen molar-refractivity contribution in [1.29, 1.82) is 0 Å². The minimum Gasteiger partial charge on any atom is -0.212 e. The van der Waals surface area contributed by atoms with Crippen LogP contribution in [0.15, 0.2) is 42.5 Å². The maximum atomic E-state index is 12.8. The van der Waals surface area contributed by atoms with Gasteiger partial charge in [-0.15, -0.1) is 0 Å². The van der Waals surface area contributed by atoms with Crippen LogP contribution in [0.25, 0.3) is 0 Å². The first kappa shape index (κ1) is 15.8. The van der Waals surface area contributed by atoms with Gasteiger partial charge in [-0.2, -0.15) is 0 Å². The van der Waals surface area contributed by atoms with Crippen molar-refractivity contribution in [2.24, 2.45) is 5.92 Å². The summed E-state index contributed by atoms with van der Waals surface area (Å²) in [4.78, 5) is 0. The Hall–Kier alpha value is -1.13. The lowest BCUT2D eigenvalue weighted by atomic mass is 9.81. The Kier molecular flexibility index (Phi) is 4.69. The zero-order valence-corrected chi connectivity index (χ0v) is 14.0. The highest BCUT2D eigenvalue weighted by Gasteiger charge is 2.42. The molecule has 1 saturated heterocycles. The van der Waals surface area contributed by atoms with Crippen LogP contribution in [0, 0.1) is 5.92 Å². The molecule has 0 radical (unpaired) electrons. The van der Waals surface area contributed by atoms with Gasteiger partial charge in [-0.3, -0.25) is 0 Å². The summed E-state index contributed by atoms with van der Waals surface area (Å²) >= 11 is 0. The predicted octanol–water partition coefficient (Wildman–Crippen LogP) is 3.55.